The molecule has 1 aromatic heterocycles. The molecule has 0 radical (unpaired) electrons. The number of rotatable bonds is 5. The number of aromatic nitrogens is 1. The van der Waals surface area contributed by atoms with Crippen molar-refractivity contribution in [1.29, 1.82) is 0 Å². The molecular weight excluding hydrogens is 346 g/mol. The van der Waals surface area contributed by atoms with Gasteiger partial charge in [0, 0.05) is 29.7 Å². The van der Waals surface area contributed by atoms with Crippen molar-refractivity contribution in [2.45, 2.75) is 25.1 Å². The van der Waals surface area contributed by atoms with Crippen LogP contribution in [0.3, 0.4) is 0 Å². The highest BCUT2D eigenvalue weighted by Crippen LogP contribution is 2.23. The molecule has 1 aliphatic rings. The molecule has 0 spiro atoms. The molecule has 6 nitrogen and oxygen atoms in total. The summed E-state index contributed by atoms with van der Waals surface area (Å²) in [6.45, 7) is 4.08. The van der Waals surface area contributed by atoms with Gasteiger partial charge in [-0.25, -0.2) is 18.1 Å². The average Bonchev–Trinajstić information content (AvgIpc) is 2.92. The van der Waals surface area contributed by atoms with Crippen molar-refractivity contribution in [3.8, 4) is 0 Å². The van der Waals surface area contributed by atoms with Gasteiger partial charge in [-0.1, -0.05) is 18.2 Å². The van der Waals surface area contributed by atoms with Crippen molar-refractivity contribution in [1.82, 2.24) is 14.6 Å². The normalized spacial score (nSPS) is 16.7. The van der Waals surface area contributed by atoms with Crippen LogP contribution < -0.4 is 4.72 Å². The van der Waals surface area contributed by atoms with Gasteiger partial charge in [0.15, 0.2) is 0 Å². The molecule has 3 rings (SSSR count). The summed E-state index contributed by atoms with van der Waals surface area (Å²) in [5.41, 5.74) is 1.46. The van der Waals surface area contributed by atoms with Crippen molar-refractivity contribution in [2.75, 3.05) is 13.1 Å². The molecule has 1 fully saturated rings. The van der Waals surface area contributed by atoms with Gasteiger partial charge in [0.05, 0.1) is 6.04 Å². The highest BCUT2D eigenvalue weighted by atomic mass is 32.2. The van der Waals surface area contributed by atoms with Crippen LogP contribution >= 0.6 is 11.3 Å². The number of sulfonamides is 1. The lowest BCUT2D eigenvalue weighted by Crippen LogP contribution is -2.59. The number of carbonyl (C=O) groups excluding carboxylic acids is 1. The second kappa shape index (κ2) is 6.62. The Kier molecular flexibility index (Phi) is 4.71. The van der Waals surface area contributed by atoms with E-state index in [4.69, 9.17) is 0 Å². The molecule has 1 aliphatic heterocycles. The Morgan fingerprint density at radius 3 is 2.58 bits per heavy atom. The smallest absolute Gasteiger partial charge is 0.253 e. The summed E-state index contributed by atoms with van der Waals surface area (Å²) in [5.74, 6) is -0.134. The summed E-state index contributed by atoms with van der Waals surface area (Å²) in [5, 5.41) is 2.06. The van der Waals surface area contributed by atoms with Crippen LogP contribution in [0, 0.1) is 6.92 Å². The van der Waals surface area contributed by atoms with Crippen LogP contribution in [0.25, 0.3) is 0 Å². The third-order valence-corrected chi connectivity index (χ3v) is 6.95. The molecule has 2 aromatic rings. The summed E-state index contributed by atoms with van der Waals surface area (Å²) in [6, 6.07) is 8.52. The molecule has 128 valence electrons. The molecule has 1 atom stereocenters. The lowest BCUT2D eigenvalue weighted by atomic mass is 10.1. The number of carbonyl (C=O) groups is 1. The SMILES string of the molecule is Cc1csc([C@H](C)NS(=O)(=O)C2CN(C(=O)c3ccccc3)C2)n1. The van der Waals surface area contributed by atoms with E-state index in [1.807, 2.05) is 18.4 Å². The van der Waals surface area contributed by atoms with Crippen LogP contribution in [-0.2, 0) is 10.0 Å². The lowest BCUT2D eigenvalue weighted by Gasteiger charge is -2.39. The highest BCUT2D eigenvalue weighted by molar-refractivity contribution is 7.90. The van der Waals surface area contributed by atoms with E-state index in [-0.39, 0.29) is 25.0 Å². The number of likely N-dealkylation sites (tertiary alicyclic amines) is 1. The maximum Gasteiger partial charge on any atom is 0.253 e. The summed E-state index contributed by atoms with van der Waals surface area (Å²) in [6.07, 6.45) is 0. The van der Waals surface area contributed by atoms with E-state index in [0.29, 0.717) is 5.56 Å². The summed E-state index contributed by atoms with van der Waals surface area (Å²) in [4.78, 5) is 18.1. The molecule has 0 unspecified atom stereocenters. The third-order valence-electron chi connectivity index (χ3n) is 3.94. The van der Waals surface area contributed by atoms with E-state index in [1.165, 1.54) is 11.3 Å². The molecule has 24 heavy (non-hydrogen) atoms. The molecule has 1 N–H and O–H groups in total. The van der Waals surface area contributed by atoms with Crippen molar-refractivity contribution >= 4 is 27.3 Å². The molecule has 0 bridgehead atoms. The lowest BCUT2D eigenvalue weighted by molar-refractivity contribution is 0.0658. The monoisotopic (exact) mass is 365 g/mol. The first-order valence-corrected chi connectivity index (χ1v) is 10.1. The van der Waals surface area contributed by atoms with Gasteiger partial charge in [0.2, 0.25) is 10.0 Å². The van der Waals surface area contributed by atoms with Crippen LogP contribution in [0.15, 0.2) is 35.7 Å². The van der Waals surface area contributed by atoms with Crippen molar-refractivity contribution in [2.24, 2.45) is 0 Å². The number of aryl methyl sites for hydroxylation is 1. The molecule has 8 heteroatoms. The second-order valence-electron chi connectivity index (χ2n) is 5.91. The number of nitrogens with one attached hydrogen (secondary N) is 1. The van der Waals surface area contributed by atoms with Crippen LogP contribution in [0.1, 0.15) is 34.0 Å². The van der Waals surface area contributed by atoms with Crippen molar-refractivity contribution in [3.63, 3.8) is 0 Å². The van der Waals surface area contributed by atoms with Gasteiger partial charge in [0.25, 0.3) is 5.91 Å². The third kappa shape index (κ3) is 3.50. The molecule has 1 aromatic carbocycles. The Bertz CT molecular complexity index is 827. The summed E-state index contributed by atoms with van der Waals surface area (Å²) < 4.78 is 27.5. The molecule has 2 heterocycles. The largest absolute Gasteiger partial charge is 0.336 e. The number of nitrogens with zero attached hydrogens (tertiary/aromatic N) is 2. The molecular formula is C16H19N3O3S2. The van der Waals surface area contributed by atoms with E-state index < -0.39 is 15.3 Å². The fourth-order valence-corrected chi connectivity index (χ4v) is 4.96. The zero-order chi connectivity index (χ0) is 17.3. The van der Waals surface area contributed by atoms with E-state index in [0.717, 1.165) is 10.7 Å². The first-order valence-electron chi connectivity index (χ1n) is 7.64. The summed E-state index contributed by atoms with van der Waals surface area (Å²) in [7, 11) is -3.49. The first-order chi connectivity index (χ1) is 11.4. The molecule has 1 saturated heterocycles. The van der Waals surface area contributed by atoms with Gasteiger partial charge < -0.3 is 4.90 Å². The standard InChI is InChI=1S/C16H19N3O3S2/c1-11-10-23-15(17-11)12(2)18-24(21,22)14-8-19(9-14)16(20)13-6-4-3-5-7-13/h3-7,10,12,14,18H,8-9H2,1-2H3/t12-/m0/s1. The number of benzene rings is 1. The maximum atomic E-state index is 12.4. The van der Waals surface area contributed by atoms with E-state index in [2.05, 4.69) is 9.71 Å². The molecule has 1 amide bonds. The average molecular weight is 365 g/mol. The molecule has 0 aliphatic carbocycles. The van der Waals surface area contributed by atoms with Gasteiger partial charge in [-0.3, -0.25) is 4.79 Å². The minimum atomic E-state index is -3.49. The van der Waals surface area contributed by atoms with Crippen molar-refractivity contribution in [3.05, 3.63) is 52.0 Å². The summed E-state index contributed by atoms with van der Waals surface area (Å²) >= 11 is 1.44. The van der Waals surface area contributed by atoms with Crippen LogP contribution in [-0.4, -0.2) is 42.5 Å². The zero-order valence-electron chi connectivity index (χ0n) is 13.5. The second-order valence-corrected chi connectivity index (χ2v) is 8.79. The zero-order valence-corrected chi connectivity index (χ0v) is 15.1. The van der Waals surface area contributed by atoms with Gasteiger partial charge in [-0.05, 0) is 26.0 Å². The number of hydrogen-bond acceptors (Lipinski definition) is 5. The predicted octanol–water partition coefficient (Wildman–Crippen LogP) is 1.96. The van der Waals surface area contributed by atoms with E-state index >= 15 is 0 Å². The minimum Gasteiger partial charge on any atom is -0.336 e. The highest BCUT2D eigenvalue weighted by Gasteiger charge is 2.40. The van der Waals surface area contributed by atoms with Crippen molar-refractivity contribution < 1.29 is 13.2 Å². The Hall–Kier alpha value is -1.77. The van der Waals surface area contributed by atoms with Crippen LogP contribution in [0.5, 0.6) is 0 Å². The quantitative estimate of drug-likeness (QED) is 0.878. The van der Waals surface area contributed by atoms with Gasteiger partial charge in [0.1, 0.15) is 10.3 Å². The van der Waals surface area contributed by atoms with Gasteiger partial charge in [-0.15, -0.1) is 11.3 Å². The minimum absolute atomic E-state index is 0.134. The Morgan fingerprint density at radius 2 is 2.00 bits per heavy atom. The fourth-order valence-electron chi connectivity index (χ4n) is 2.53. The number of hydrogen-bond donors (Lipinski definition) is 1. The van der Waals surface area contributed by atoms with Gasteiger partial charge in [-0.2, -0.15) is 0 Å². The Balaban J connectivity index is 1.59. The molecule has 0 saturated carbocycles. The topological polar surface area (TPSA) is 79.4 Å². The Morgan fingerprint density at radius 1 is 1.33 bits per heavy atom. The van der Waals surface area contributed by atoms with E-state index in [9.17, 15) is 13.2 Å². The van der Waals surface area contributed by atoms with Crippen LogP contribution in [0.4, 0.5) is 0 Å². The van der Waals surface area contributed by atoms with E-state index in [1.54, 1.807) is 36.1 Å². The first kappa shape index (κ1) is 17.1. The Labute approximate surface area is 145 Å². The van der Waals surface area contributed by atoms with Crippen LogP contribution in [0.2, 0.25) is 0 Å². The predicted molar refractivity (Wildman–Crippen MR) is 93.5 cm³/mol. The van der Waals surface area contributed by atoms with Gasteiger partial charge >= 0.3 is 0 Å². The fraction of sp³-hybridized carbons (Fsp3) is 0.375. The number of amides is 1. The maximum absolute atomic E-state index is 12.4. The number of thiazole rings is 1.